The molecule has 0 radical (unpaired) electrons. The monoisotopic (exact) mass is 1740 g/mol. The average Bonchev–Trinajstić information content (AvgIpc) is 1.66. The fourth-order valence-electron chi connectivity index (χ4n) is 15.8. The predicted molar refractivity (Wildman–Crippen MR) is 472 cm³/mol. The maximum Gasteiger partial charge on any atom is 0.246 e. The van der Waals surface area contributed by atoms with Crippen molar-refractivity contribution in [3.05, 3.63) is 36.0 Å². The minimum atomic E-state index is -4.42. The first-order chi connectivity index (χ1) is 56.9. The normalized spacial score (nSPS) is 24.4. The molecule has 2 aliphatic heterocycles. The third-order valence-corrected chi connectivity index (χ3v) is 25.9. The topological polar surface area (TPSA) is 455 Å². The number of aromatic nitrogens is 1. The Morgan fingerprint density at radius 3 is 1.72 bits per heavy atom. The number of nitrogens with zero attached hydrogens (tertiary/aromatic N) is 2. The molecule has 4 rings (SSSR count). The van der Waals surface area contributed by atoms with Gasteiger partial charge in [-0.3, -0.25) is 67.1 Å². The number of rotatable bonds is 34. The van der Waals surface area contributed by atoms with Gasteiger partial charge < -0.3 is 63.7 Å². The molecule has 2 saturated heterocycles. The molecule has 2 fully saturated rings. The van der Waals surface area contributed by atoms with Gasteiger partial charge in [-0.2, -0.15) is 29.6 Å². The van der Waals surface area contributed by atoms with Crippen molar-refractivity contribution in [1.29, 1.82) is 0 Å². The summed E-state index contributed by atoms with van der Waals surface area (Å²) in [4.78, 5) is 207. The predicted octanol–water partition coefficient (Wildman–Crippen LogP) is 7.59. The highest BCUT2D eigenvalue weighted by atomic mass is 32.2. The van der Waals surface area contributed by atoms with Crippen LogP contribution >= 0.6 is 25.3 Å². The van der Waals surface area contributed by atoms with Crippen LogP contribution in [0.3, 0.4) is 0 Å². The zero-order valence-corrected chi connectivity index (χ0v) is 76.0. The number of H-pyrrole nitrogens is 1. The number of hydrogen-bond donors (Lipinski definition) is 12. The Morgan fingerprint density at radius 2 is 1.17 bits per heavy atom. The molecule has 13 atom stereocenters. The Labute approximate surface area is 724 Å². The van der Waals surface area contributed by atoms with Crippen LogP contribution in [-0.2, 0) is 88.3 Å². The molecular weight excluding hydrogens is 1590 g/mol. The van der Waals surface area contributed by atoms with E-state index in [1.165, 1.54) is 6.92 Å². The lowest BCUT2D eigenvalue weighted by Gasteiger charge is -2.30. The van der Waals surface area contributed by atoms with Crippen molar-refractivity contribution in [3.8, 4) is 0 Å². The zero-order valence-electron chi connectivity index (χ0n) is 73.4. The number of nitrogens with two attached hydrogens (primary N) is 3. The third kappa shape index (κ3) is 36.6. The second-order valence-corrected chi connectivity index (χ2v) is 37.7. The first-order valence-electron chi connectivity index (χ1n) is 44.1. The number of carbonyl (C=O) groups excluding carboxylic acids is 14. The van der Waals surface area contributed by atoms with Gasteiger partial charge in [-0.1, -0.05) is 100 Å². The van der Waals surface area contributed by atoms with Gasteiger partial charge in [0.2, 0.25) is 51.4 Å². The van der Waals surface area contributed by atoms with E-state index in [-0.39, 0.29) is 164 Å². The largest absolute Gasteiger partial charge is 0.370 e. The van der Waals surface area contributed by atoms with E-state index in [2.05, 4.69) is 62.1 Å². The summed E-state index contributed by atoms with van der Waals surface area (Å²) in [7, 11) is -4.42. The number of Topliss-reactive ketones (excluding diaryl/α,β-unsaturated/α-hetero) is 7. The van der Waals surface area contributed by atoms with Crippen molar-refractivity contribution < 1.29 is 80.3 Å². The zero-order chi connectivity index (χ0) is 89.3. The van der Waals surface area contributed by atoms with Gasteiger partial charge in [0.25, 0.3) is 0 Å². The minimum Gasteiger partial charge on any atom is -0.370 e. The van der Waals surface area contributed by atoms with E-state index in [9.17, 15) is 70.7 Å². The molecule has 0 bridgehead atoms. The number of fused-ring (bicyclic) bond motifs is 2. The second-order valence-electron chi connectivity index (χ2n) is 34.9. The van der Waals surface area contributed by atoms with E-state index in [1.807, 2.05) is 58.9 Å². The van der Waals surface area contributed by atoms with Crippen LogP contribution < -0.4 is 49.1 Å². The van der Waals surface area contributed by atoms with E-state index >= 15 is 4.79 Å². The van der Waals surface area contributed by atoms with Gasteiger partial charge in [0.05, 0.1) is 61.1 Å². The van der Waals surface area contributed by atoms with Crippen molar-refractivity contribution in [2.24, 2.45) is 82.3 Å². The number of thiol groups is 2. The van der Waals surface area contributed by atoms with Crippen LogP contribution in [0, 0.1) is 65.1 Å². The number of sulfonamides is 1. The molecule has 2 aliphatic rings. The SMILES string of the molecule is CCCCC1CC(=O)CN(S(=O)(=O)CCCNC(=O)C(CS)CC(=O)C(C)CS)CCCC(=O)C(CCCCN)NC(=O)C(CC(C)C)CC(=O)C(CCCCN)NC(=O)C(CC(C)C)CC(=O)C(CCCCN)NC(=O)COCC2CCCN2C(=O)C(Cc2c[nH]c3ccccc23)CC(=O)C(C)NC(=O)C(C(C)C)CC(=O)C(C(C)C)NC1=O. The molecule has 13 unspecified atom stereocenters. The summed E-state index contributed by atoms with van der Waals surface area (Å²) in [5, 5.41) is 18.0. The summed E-state index contributed by atoms with van der Waals surface area (Å²) in [5.74, 6) is -14.8. The molecule has 32 heteroatoms. The highest BCUT2D eigenvalue weighted by Crippen LogP contribution is 2.30. The number of unbranched alkanes of at least 4 members (excludes halogenated alkanes) is 4. The molecule has 678 valence electrons. The standard InChI is InChI=1S/C88H146N12O17S3/c1-12-13-25-61-43-68(101)50-99(120(115,116)39-24-36-92-83(109)66(54-119)47-76(103)59(10)53-118)37-23-32-75(102)72(29-16-19-33-89)96-85(111)63(41-56(4)5)45-79(106)74(31-18-21-35-91)97-86(112)62(40-55(2)3)44-78(105)73(30-17-20-34-90)95-81(108)52-117-51-67-26-22-38-100(67)88(114)64(42-65-49-93-71-28-15-14-27-69(65)71)46-77(104)60(11)94-87(113)70(57(6)7)48-80(107)82(58(8)9)98-84(61)110/h14-15,27-28,49,55-64,66-67,70,72-74,82,93,118-119H,12-13,16-26,29-48,50-54,89-91H2,1-11H3,(H,92,109)(H,94,113)(H,95,108)(H,96,111)(H,97,112)(H,98,110). The van der Waals surface area contributed by atoms with Gasteiger partial charge in [0.15, 0.2) is 28.9 Å². The summed E-state index contributed by atoms with van der Waals surface area (Å²) in [5.41, 5.74) is 19.4. The number of nitrogens with one attached hydrogen (secondary N) is 7. The van der Waals surface area contributed by atoms with Gasteiger partial charge in [-0.25, -0.2) is 8.42 Å². The molecule has 0 saturated carbocycles. The molecule has 29 nitrogen and oxygen atoms in total. The van der Waals surface area contributed by atoms with E-state index in [4.69, 9.17) is 21.9 Å². The number of amides is 7. The first-order valence-corrected chi connectivity index (χ1v) is 47.0. The number of para-hydroxylation sites is 1. The summed E-state index contributed by atoms with van der Waals surface area (Å²) in [6.45, 7) is 19.0. The van der Waals surface area contributed by atoms with E-state index in [0.717, 1.165) is 20.8 Å². The van der Waals surface area contributed by atoms with Gasteiger partial charge in [0, 0.05) is 123 Å². The van der Waals surface area contributed by atoms with Crippen LogP contribution in [-0.4, -0.2) is 217 Å². The second kappa shape index (κ2) is 55.4. The molecular formula is C88H146N12O17S3. The van der Waals surface area contributed by atoms with Gasteiger partial charge >= 0.3 is 0 Å². The molecule has 3 heterocycles. The molecule has 0 aliphatic carbocycles. The molecule has 120 heavy (non-hydrogen) atoms. The van der Waals surface area contributed by atoms with Crippen molar-refractivity contribution in [3.63, 3.8) is 0 Å². The number of aromatic amines is 1. The van der Waals surface area contributed by atoms with Crippen LogP contribution in [0.4, 0.5) is 0 Å². The van der Waals surface area contributed by atoms with E-state index < -0.39 is 195 Å². The summed E-state index contributed by atoms with van der Waals surface area (Å²) in [6.07, 6.45) is 5.46. The Kier molecular flexibility index (Phi) is 48.7. The van der Waals surface area contributed by atoms with Crippen LogP contribution in [0.1, 0.15) is 242 Å². The van der Waals surface area contributed by atoms with Crippen molar-refractivity contribution in [1.82, 2.24) is 46.1 Å². The summed E-state index contributed by atoms with van der Waals surface area (Å²) < 4.78 is 36.4. The summed E-state index contributed by atoms with van der Waals surface area (Å²) >= 11 is 8.51. The fraction of sp³-hybridized carbons (Fsp3) is 0.750. The van der Waals surface area contributed by atoms with Crippen molar-refractivity contribution in [2.75, 3.05) is 76.3 Å². The minimum absolute atomic E-state index is 0.0380. The van der Waals surface area contributed by atoms with Gasteiger partial charge in [-0.15, -0.1) is 0 Å². The van der Waals surface area contributed by atoms with Crippen LogP contribution in [0.15, 0.2) is 30.5 Å². The number of hydrogen-bond acceptors (Lipinski definition) is 22. The van der Waals surface area contributed by atoms with Crippen LogP contribution in [0.25, 0.3) is 10.9 Å². The Hall–Kier alpha value is -6.81. The summed E-state index contributed by atoms with van der Waals surface area (Å²) in [6, 6.07) is 1.41. The Balaban J connectivity index is 1.83. The lowest BCUT2D eigenvalue weighted by atomic mass is 9.85. The van der Waals surface area contributed by atoms with Gasteiger partial charge in [-0.05, 0) is 177 Å². The highest BCUT2D eigenvalue weighted by molar-refractivity contribution is 7.89. The average molecular weight is 1740 g/mol. The number of benzene rings is 1. The van der Waals surface area contributed by atoms with Crippen molar-refractivity contribution in [2.45, 2.75) is 279 Å². The van der Waals surface area contributed by atoms with E-state index in [1.54, 1.807) is 45.7 Å². The number of carbonyl (C=O) groups is 14. The van der Waals surface area contributed by atoms with Crippen LogP contribution in [0.2, 0.25) is 0 Å². The lowest BCUT2D eigenvalue weighted by molar-refractivity contribution is -0.141. The molecule has 7 amide bonds. The van der Waals surface area contributed by atoms with Crippen LogP contribution in [0.5, 0.6) is 0 Å². The molecule has 1 aromatic heterocycles. The van der Waals surface area contributed by atoms with Crippen molar-refractivity contribution >= 4 is 128 Å². The molecule has 0 spiro atoms. The Morgan fingerprint density at radius 1 is 0.600 bits per heavy atom. The smallest absolute Gasteiger partial charge is 0.246 e. The number of ketones is 7. The lowest BCUT2D eigenvalue weighted by Crippen LogP contribution is -2.50. The first kappa shape index (κ1) is 106. The highest BCUT2D eigenvalue weighted by Gasteiger charge is 2.40. The molecule has 2 aromatic rings. The van der Waals surface area contributed by atoms with E-state index in [0.29, 0.717) is 77.3 Å². The molecule has 13 N–H and O–H groups in total. The maximum atomic E-state index is 15.1. The fourth-order valence-corrected chi connectivity index (χ4v) is 17.8. The molecule has 1 aromatic carbocycles. The third-order valence-electron chi connectivity index (χ3n) is 23.0. The maximum absolute atomic E-state index is 15.1. The Bertz CT molecular complexity index is 3760. The van der Waals surface area contributed by atoms with Gasteiger partial charge in [0.1, 0.15) is 18.2 Å². The number of ether oxygens (including phenoxy) is 1. The quantitative estimate of drug-likeness (QED) is 0.0237.